The van der Waals surface area contributed by atoms with E-state index < -0.39 is 0 Å². The smallest absolute Gasteiger partial charge is 0.286 e. The predicted molar refractivity (Wildman–Crippen MR) is 105 cm³/mol. The van der Waals surface area contributed by atoms with Crippen LogP contribution in [0.25, 0.3) is 16.9 Å². The highest BCUT2D eigenvalue weighted by Gasteiger charge is 2.16. The molecule has 0 aliphatic heterocycles. The minimum atomic E-state index is -0.293. The van der Waals surface area contributed by atoms with Crippen LogP contribution >= 0.6 is 23.4 Å². The summed E-state index contributed by atoms with van der Waals surface area (Å²) >= 11 is 7.33. The van der Waals surface area contributed by atoms with Gasteiger partial charge < -0.3 is 4.57 Å². The molecule has 0 aliphatic carbocycles. The predicted octanol–water partition coefficient (Wildman–Crippen LogP) is 4.20. The van der Waals surface area contributed by atoms with Crippen molar-refractivity contribution in [3.63, 3.8) is 0 Å². The highest BCUT2D eigenvalue weighted by molar-refractivity contribution is 7.98. The summed E-state index contributed by atoms with van der Waals surface area (Å²) in [6, 6.07) is 13.3. The Bertz CT molecular complexity index is 1190. The van der Waals surface area contributed by atoms with Crippen LogP contribution < -0.4 is 5.56 Å². The van der Waals surface area contributed by atoms with Crippen molar-refractivity contribution in [3.8, 4) is 5.69 Å². The van der Waals surface area contributed by atoms with Crippen molar-refractivity contribution >= 4 is 34.5 Å². The molecule has 0 radical (unpaired) electrons. The van der Waals surface area contributed by atoms with E-state index in [1.807, 2.05) is 6.07 Å². The highest BCUT2D eigenvalue weighted by Crippen LogP contribution is 2.25. The molecular formula is C19H14ClFN4OS. The molecule has 27 heavy (non-hydrogen) atoms. The fraction of sp³-hybridized carbons (Fsp3) is 0.105. The summed E-state index contributed by atoms with van der Waals surface area (Å²) in [5, 5.41) is 1.08. The summed E-state index contributed by atoms with van der Waals surface area (Å²) in [6.07, 6.45) is 1.56. The van der Waals surface area contributed by atoms with Gasteiger partial charge in [0.05, 0.1) is 12.0 Å². The summed E-state index contributed by atoms with van der Waals surface area (Å²) in [6.45, 7) is 0. The molecule has 0 fully saturated rings. The Balaban J connectivity index is 1.83. The molecule has 0 bridgehead atoms. The summed E-state index contributed by atoms with van der Waals surface area (Å²) in [5.41, 5.74) is 1.99. The Morgan fingerprint density at radius 1 is 1.19 bits per heavy atom. The van der Waals surface area contributed by atoms with Crippen molar-refractivity contribution in [2.75, 3.05) is 0 Å². The van der Waals surface area contributed by atoms with Gasteiger partial charge in [0.15, 0.2) is 16.3 Å². The standard InChI is InChI=1S/C19H14ClFN4OS/c1-24-11-22-16-17(24)23-19(27-10-12-3-2-4-14(21)9-12)25(18(16)26)15-7-5-13(20)6-8-15/h2-9,11H,10H2,1H3. The zero-order valence-corrected chi connectivity index (χ0v) is 15.8. The van der Waals surface area contributed by atoms with Crippen LogP contribution in [0.5, 0.6) is 0 Å². The molecule has 0 unspecified atom stereocenters. The minimum absolute atomic E-state index is 0.260. The van der Waals surface area contributed by atoms with Crippen molar-refractivity contribution in [1.29, 1.82) is 0 Å². The van der Waals surface area contributed by atoms with E-state index >= 15 is 0 Å². The Hall–Kier alpha value is -2.64. The van der Waals surface area contributed by atoms with Gasteiger partial charge >= 0.3 is 0 Å². The van der Waals surface area contributed by atoms with Crippen molar-refractivity contribution in [2.45, 2.75) is 10.9 Å². The minimum Gasteiger partial charge on any atom is -0.318 e. The van der Waals surface area contributed by atoms with Crippen molar-refractivity contribution in [3.05, 3.63) is 81.6 Å². The maximum Gasteiger partial charge on any atom is 0.286 e. The van der Waals surface area contributed by atoms with Crippen LogP contribution in [0.1, 0.15) is 5.56 Å². The largest absolute Gasteiger partial charge is 0.318 e. The molecule has 4 rings (SSSR count). The molecule has 0 atom stereocenters. The molecule has 136 valence electrons. The molecule has 0 saturated heterocycles. The number of nitrogens with zero attached hydrogens (tertiary/aromatic N) is 4. The summed E-state index contributed by atoms with van der Waals surface area (Å²) < 4.78 is 16.7. The van der Waals surface area contributed by atoms with Crippen molar-refractivity contribution < 1.29 is 4.39 Å². The molecule has 0 N–H and O–H groups in total. The molecule has 0 aliphatic rings. The van der Waals surface area contributed by atoms with Crippen LogP contribution in [0.15, 0.2) is 64.8 Å². The number of halogens is 2. The third kappa shape index (κ3) is 3.48. The summed E-state index contributed by atoms with van der Waals surface area (Å²) in [5.74, 6) is 0.180. The van der Waals surface area contributed by atoms with Gasteiger partial charge in [-0.25, -0.2) is 14.4 Å². The van der Waals surface area contributed by atoms with E-state index in [2.05, 4.69) is 9.97 Å². The SMILES string of the molecule is Cn1cnc2c(=O)n(-c3ccc(Cl)cc3)c(SCc3cccc(F)c3)nc21. The first-order chi connectivity index (χ1) is 13.0. The van der Waals surface area contributed by atoms with Gasteiger partial charge in [-0.1, -0.05) is 35.5 Å². The molecule has 0 saturated carbocycles. The van der Waals surface area contributed by atoms with Gasteiger partial charge in [-0.05, 0) is 42.0 Å². The molecular weight excluding hydrogens is 387 g/mol. The average molecular weight is 401 g/mol. The molecule has 5 nitrogen and oxygen atoms in total. The van der Waals surface area contributed by atoms with Gasteiger partial charge in [-0.3, -0.25) is 9.36 Å². The van der Waals surface area contributed by atoms with Crippen molar-refractivity contribution in [1.82, 2.24) is 19.1 Å². The lowest BCUT2D eigenvalue weighted by Gasteiger charge is -2.12. The third-order valence-electron chi connectivity index (χ3n) is 4.05. The Kier molecular flexibility index (Phi) is 4.72. The van der Waals surface area contributed by atoms with Crippen LogP contribution in [0.2, 0.25) is 5.02 Å². The fourth-order valence-electron chi connectivity index (χ4n) is 2.73. The second-order valence-electron chi connectivity index (χ2n) is 5.96. The van der Waals surface area contributed by atoms with E-state index in [1.165, 1.54) is 28.5 Å². The third-order valence-corrected chi connectivity index (χ3v) is 5.31. The maximum atomic E-state index is 13.5. The van der Waals surface area contributed by atoms with Crippen LogP contribution in [0.4, 0.5) is 4.39 Å². The first kappa shape index (κ1) is 17.8. The Morgan fingerprint density at radius 3 is 2.70 bits per heavy atom. The van der Waals surface area contributed by atoms with Gasteiger partial charge in [0, 0.05) is 17.8 Å². The highest BCUT2D eigenvalue weighted by atomic mass is 35.5. The first-order valence-electron chi connectivity index (χ1n) is 8.10. The zero-order valence-electron chi connectivity index (χ0n) is 14.3. The van der Waals surface area contributed by atoms with Gasteiger partial charge in [0.1, 0.15) is 5.82 Å². The second-order valence-corrected chi connectivity index (χ2v) is 7.34. The number of hydrogen-bond acceptors (Lipinski definition) is 4. The lowest BCUT2D eigenvalue weighted by atomic mass is 10.2. The van der Waals surface area contributed by atoms with Gasteiger partial charge in [-0.2, -0.15) is 0 Å². The zero-order chi connectivity index (χ0) is 19.0. The number of benzene rings is 2. The normalized spacial score (nSPS) is 11.2. The van der Waals surface area contributed by atoms with Crippen LogP contribution in [-0.2, 0) is 12.8 Å². The van der Waals surface area contributed by atoms with Gasteiger partial charge in [0.2, 0.25) is 0 Å². The molecule has 8 heteroatoms. The number of hydrogen-bond donors (Lipinski definition) is 0. The quantitative estimate of drug-likeness (QED) is 0.380. The van der Waals surface area contributed by atoms with E-state index in [0.29, 0.717) is 32.8 Å². The second kappa shape index (κ2) is 7.17. The van der Waals surface area contributed by atoms with E-state index in [-0.39, 0.29) is 11.4 Å². The van der Waals surface area contributed by atoms with E-state index in [9.17, 15) is 9.18 Å². The lowest BCUT2D eigenvalue weighted by Crippen LogP contribution is -2.22. The summed E-state index contributed by atoms with van der Waals surface area (Å²) in [7, 11) is 1.79. The number of aromatic nitrogens is 4. The van der Waals surface area contributed by atoms with Gasteiger partial charge in [0.25, 0.3) is 5.56 Å². The number of fused-ring (bicyclic) bond motifs is 1. The monoisotopic (exact) mass is 400 g/mol. The first-order valence-corrected chi connectivity index (χ1v) is 9.46. The summed E-state index contributed by atoms with van der Waals surface area (Å²) in [4.78, 5) is 21.9. The topological polar surface area (TPSA) is 52.7 Å². The number of rotatable bonds is 4. The van der Waals surface area contributed by atoms with Crippen LogP contribution in [0.3, 0.4) is 0 Å². The molecule has 2 aromatic carbocycles. The average Bonchev–Trinajstić information content (AvgIpc) is 3.02. The maximum absolute atomic E-state index is 13.5. The van der Waals surface area contributed by atoms with Crippen molar-refractivity contribution in [2.24, 2.45) is 7.05 Å². The van der Waals surface area contributed by atoms with Crippen LogP contribution in [0, 0.1) is 5.82 Å². The van der Waals surface area contributed by atoms with E-state index in [1.54, 1.807) is 48.3 Å². The lowest BCUT2D eigenvalue weighted by molar-refractivity contribution is 0.626. The van der Waals surface area contributed by atoms with E-state index in [0.717, 1.165) is 5.56 Å². The van der Waals surface area contributed by atoms with E-state index in [4.69, 9.17) is 11.6 Å². The number of thioether (sulfide) groups is 1. The Morgan fingerprint density at radius 2 is 1.96 bits per heavy atom. The number of aryl methyl sites for hydroxylation is 1. The fourth-order valence-corrected chi connectivity index (χ4v) is 3.80. The van der Waals surface area contributed by atoms with Gasteiger partial charge in [-0.15, -0.1) is 0 Å². The molecule has 2 aromatic heterocycles. The molecule has 0 spiro atoms. The Labute approximate surface area is 163 Å². The number of imidazole rings is 1. The molecule has 4 aromatic rings. The molecule has 2 heterocycles. The molecule has 0 amide bonds. The van der Waals surface area contributed by atoms with Crippen LogP contribution in [-0.4, -0.2) is 19.1 Å².